The maximum atomic E-state index is 11.4. The summed E-state index contributed by atoms with van der Waals surface area (Å²) < 4.78 is 2.17. The molecule has 2 atom stereocenters. The molecular weight excluding hydrogens is 338 g/mol. The fraction of sp³-hybridized carbons (Fsp3) is 0.474. The summed E-state index contributed by atoms with van der Waals surface area (Å²) in [6.07, 6.45) is 1.51. The number of aromatic nitrogens is 2. The molecule has 5 nitrogen and oxygen atoms in total. The molecule has 0 spiro atoms. The Hall–Kier alpha value is -1.85. The van der Waals surface area contributed by atoms with E-state index in [0.29, 0.717) is 11.6 Å². The highest BCUT2D eigenvalue weighted by atomic mass is 35.5. The zero-order chi connectivity index (χ0) is 18.4. The van der Waals surface area contributed by atoms with Gasteiger partial charge in [-0.05, 0) is 30.5 Å². The highest BCUT2D eigenvalue weighted by Gasteiger charge is 2.38. The van der Waals surface area contributed by atoms with Gasteiger partial charge in [0.05, 0.1) is 5.69 Å². The van der Waals surface area contributed by atoms with Crippen LogP contribution in [0.3, 0.4) is 0 Å². The van der Waals surface area contributed by atoms with Gasteiger partial charge in [0.1, 0.15) is 11.9 Å². The van der Waals surface area contributed by atoms with E-state index in [2.05, 4.69) is 25.3 Å². The topological polar surface area (TPSA) is 81.1 Å². The van der Waals surface area contributed by atoms with E-state index in [1.165, 1.54) is 0 Å². The van der Waals surface area contributed by atoms with Gasteiger partial charge in [-0.2, -0.15) is 0 Å². The first kappa shape index (κ1) is 18.0. The van der Waals surface area contributed by atoms with Crippen molar-refractivity contribution in [3.63, 3.8) is 0 Å². The fourth-order valence-corrected chi connectivity index (χ4v) is 3.70. The van der Waals surface area contributed by atoms with Crippen LogP contribution in [0.15, 0.2) is 24.3 Å². The second kappa shape index (κ2) is 6.46. The van der Waals surface area contributed by atoms with Crippen LogP contribution in [0, 0.1) is 0 Å². The van der Waals surface area contributed by atoms with Crippen LogP contribution < -0.4 is 5.73 Å². The Morgan fingerprint density at radius 1 is 1.40 bits per heavy atom. The Morgan fingerprint density at radius 2 is 2.04 bits per heavy atom. The second-order valence-corrected chi connectivity index (χ2v) is 8.18. The number of rotatable bonds is 4. The van der Waals surface area contributed by atoms with Crippen molar-refractivity contribution < 1.29 is 9.90 Å². The average Bonchev–Trinajstić information content (AvgIpc) is 3.08. The summed E-state index contributed by atoms with van der Waals surface area (Å²) in [5.41, 5.74) is 8.90. The number of fused-ring (bicyclic) bond motifs is 1. The second-order valence-electron chi connectivity index (χ2n) is 7.74. The van der Waals surface area contributed by atoms with Crippen molar-refractivity contribution in [1.29, 1.82) is 0 Å². The summed E-state index contributed by atoms with van der Waals surface area (Å²) in [4.78, 5) is 16.3. The number of benzene rings is 1. The molecule has 0 fully saturated rings. The molecule has 1 aromatic heterocycles. The molecule has 3 rings (SSSR count). The lowest BCUT2D eigenvalue weighted by molar-refractivity contribution is -0.139. The highest BCUT2D eigenvalue weighted by Crippen LogP contribution is 2.38. The lowest BCUT2D eigenvalue weighted by Gasteiger charge is -2.24. The molecule has 0 saturated carbocycles. The summed E-state index contributed by atoms with van der Waals surface area (Å²) in [5.74, 6) is -0.201. The van der Waals surface area contributed by atoms with E-state index in [4.69, 9.17) is 22.3 Å². The quantitative estimate of drug-likeness (QED) is 0.875. The summed E-state index contributed by atoms with van der Waals surface area (Å²) in [7, 11) is 0. The number of nitrogens with two attached hydrogens (primary N) is 1. The van der Waals surface area contributed by atoms with Crippen molar-refractivity contribution in [3.05, 3.63) is 52.1 Å². The Kier molecular flexibility index (Phi) is 4.64. The van der Waals surface area contributed by atoms with Crippen LogP contribution in [0.1, 0.15) is 55.9 Å². The van der Waals surface area contributed by atoms with Crippen molar-refractivity contribution in [1.82, 2.24) is 9.55 Å². The van der Waals surface area contributed by atoms with Crippen LogP contribution in [0.2, 0.25) is 5.02 Å². The smallest absolute Gasteiger partial charge is 0.321 e. The number of imidazole rings is 1. The normalized spacial score (nSPS) is 18.2. The van der Waals surface area contributed by atoms with Gasteiger partial charge in [-0.3, -0.25) is 4.79 Å². The molecule has 0 bridgehead atoms. The maximum Gasteiger partial charge on any atom is 0.321 e. The third kappa shape index (κ3) is 3.44. The number of aryl methyl sites for hydroxylation is 1. The molecule has 0 saturated heterocycles. The van der Waals surface area contributed by atoms with E-state index < -0.39 is 12.0 Å². The summed E-state index contributed by atoms with van der Waals surface area (Å²) >= 11 is 5.99. The van der Waals surface area contributed by atoms with E-state index in [1.807, 2.05) is 24.3 Å². The minimum absolute atomic E-state index is 0.144. The molecule has 1 heterocycles. The molecule has 1 aliphatic carbocycles. The number of nitrogens with zero attached hydrogens (tertiary/aromatic N) is 2. The molecular formula is C19H24ClN3O2. The Balaban J connectivity index is 2.08. The van der Waals surface area contributed by atoms with Gasteiger partial charge in [-0.15, -0.1) is 0 Å². The number of carbonyl (C=O) groups is 1. The minimum Gasteiger partial charge on any atom is -0.480 e. The number of carboxylic acids is 1. The number of aliphatic carboxylic acids is 1. The lowest BCUT2D eigenvalue weighted by Crippen LogP contribution is -2.37. The predicted octanol–water partition coefficient (Wildman–Crippen LogP) is 3.32. The number of halogens is 1. The SMILES string of the molecule is CC(C)(C)c1nc2c(n1Cc1ccc(Cl)cc1)C(C(N)C(=O)O)CC2. The first-order valence-electron chi connectivity index (χ1n) is 8.51. The van der Waals surface area contributed by atoms with Gasteiger partial charge in [0.25, 0.3) is 0 Å². The number of hydrogen-bond donors (Lipinski definition) is 2. The Labute approximate surface area is 152 Å². The molecule has 0 aliphatic heterocycles. The van der Waals surface area contributed by atoms with Crippen molar-refractivity contribution in [3.8, 4) is 0 Å². The van der Waals surface area contributed by atoms with Crippen molar-refractivity contribution >= 4 is 17.6 Å². The summed E-state index contributed by atoms with van der Waals surface area (Å²) in [5, 5.41) is 10.1. The van der Waals surface area contributed by atoms with Gasteiger partial charge < -0.3 is 15.4 Å². The van der Waals surface area contributed by atoms with Crippen LogP contribution in [0.5, 0.6) is 0 Å². The zero-order valence-corrected chi connectivity index (χ0v) is 15.5. The van der Waals surface area contributed by atoms with Gasteiger partial charge in [0.2, 0.25) is 0 Å². The van der Waals surface area contributed by atoms with E-state index in [0.717, 1.165) is 35.6 Å². The summed E-state index contributed by atoms with van der Waals surface area (Å²) in [6.45, 7) is 6.99. The molecule has 1 aliphatic rings. The lowest BCUT2D eigenvalue weighted by atomic mass is 9.94. The van der Waals surface area contributed by atoms with Crippen LogP contribution in [0.25, 0.3) is 0 Å². The molecule has 2 aromatic rings. The Morgan fingerprint density at radius 3 is 2.60 bits per heavy atom. The maximum absolute atomic E-state index is 11.4. The third-order valence-corrected chi connectivity index (χ3v) is 5.02. The van der Waals surface area contributed by atoms with Crippen molar-refractivity contribution in [2.24, 2.45) is 5.73 Å². The zero-order valence-electron chi connectivity index (χ0n) is 14.8. The highest BCUT2D eigenvalue weighted by molar-refractivity contribution is 6.30. The van der Waals surface area contributed by atoms with Gasteiger partial charge in [0, 0.05) is 28.6 Å². The molecule has 6 heteroatoms. The monoisotopic (exact) mass is 361 g/mol. The predicted molar refractivity (Wildman–Crippen MR) is 98.2 cm³/mol. The van der Waals surface area contributed by atoms with Crippen LogP contribution in [-0.4, -0.2) is 26.7 Å². The van der Waals surface area contributed by atoms with Gasteiger partial charge in [-0.25, -0.2) is 4.98 Å². The molecule has 25 heavy (non-hydrogen) atoms. The first-order valence-corrected chi connectivity index (χ1v) is 8.89. The van der Waals surface area contributed by atoms with E-state index in [9.17, 15) is 9.90 Å². The average molecular weight is 362 g/mol. The fourth-order valence-electron chi connectivity index (χ4n) is 3.57. The van der Waals surface area contributed by atoms with Gasteiger partial charge in [-0.1, -0.05) is 44.5 Å². The number of hydrogen-bond acceptors (Lipinski definition) is 3. The van der Waals surface area contributed by atoms with Gasteiger partial charge in [0.15, 0.2) is 0 Å². The summed E-state index contributed by atoms with van der Waals surface area (Å²) in [6, 6.07) is 6.80. The largest absolute Gasteiger partial charge is 0.480 e. The van der Waals surface area contributed by atoms with E-state index in [1.54, 1.807) is 0 Å². The van der Waals surface area contributed by atoms with E-state index >= 15 is 0 Å². The van der Waals surface area contributed by atoms with Crippen LogP contribution >= 0.6 is 11.6 Å². The minimum atomic E-state index is -0.964. The van der Waals surface area contributed by atoms with Crippen molar-refractivity contribution in [2.75, 3.05) is 0 Å². The van der Waals surface area contributed by atoms with Crippen LogP contribution in [0.4, 0.5) is 0 Å². The third-order valence-electron chi connectivity index (χ3n) is 4.77. The van der Waals surface area contributed by atoms with Crippen LogP contribution in [-0.2, 0) is 23.2 Å². The molecule has 0 radical (unpaired) electrons. The van der Waals surface area contributed by atoms with Crippen molar-refractivity contribution in [2.45, 2.75) is 57.5 Å². The molecule has 1 aromatic carbocycles. The number of carboxylic acid groups (broad SMARTS) is 1. The standard InChI is InChI=1S/C19H24ClN3O2/c1-19(2,3)18-22-14-9-8-13(15(21)17(24)25)16(14)23(18)10-11-4-6-12(20)7-5-11/h4-7,13,15H,8-10,21H2,1-3H3,(H,24,25). The first-order chi connectivity index (χ1) is 11.7. The molecule has 0 amide bonds. The van der Waals surface area contributed by atoms with Gasteiger partial charge >= 0.3 is 5.97 Å². The van der Waals surface area contributed by atoms with E-state index in [-0.39, 0.29) is 11.3 Å². The Bertz CT molecular complexity index is 790. The molecule has 3 N–H and O–H groups in total. The molecule has 134 valence electrons. The molecule has 2 unspecified atom stereocenters.